The standard InChI is InChI=1S/C14H18N2O3S/c1-3-20(18,19)16-9-8-14(10-16)11-6-4-5-7-12(11)15(2)13(14)17/h4-7H,3,8-10H2,1-2H3. The molecule has 1 aromatic rings. The highest BCUT2D eigenvalue weighted by molar-refractivity contribution is 7.89. The van der Waals surface area contributed by atoms with Crippen molar-refractivity contribution in [2.24, 2.45) is 0 Å². The van der Waals surface area contributed by atoms with E-state index in [0.29, 0.717) is 13.0 Å². The van der Waals surface area contributed by atoms with E-state index in [-0.39, 0.29) is 18.2 Å². The molecule has 0 aromatic heterocycles. The fraction of sp³-hybridized carbons (Fsp3) is 0.500. The zero-order chi connectivity index (χ0) is 14.5. The highest BCUT2D eigenvalue weighted by Gasteiger charge is 2.54. The number of rotatable bonds is 2. The lowest BCUT2D eigenvalue weighted by Gasteiger charge is -2.23. The maximum absolute atomic E-state index is 12.7. The maximum Gasteiger partial charge on any atom is 0.238 e. The van der Waals surface area contributed by atoms with Crippen molar-refractivity contribution in [2.75, 3.05) is 30.8 Å². The quantitative estimate of drug-likeness (QED) is 0.816. The smallest absolute Gasteiger partial charge is 0.238 e. The molecule has 20 heavy (non-hydrogen) atoms. The van der Waals surface area contributed by atoms with Crippen LogP contribution in [0.25, 0.3) is 0 Å². The highest BCUT2D eigenvalue weighted by Crippen LogP contribution is 2.47. The molecule has 3 rings (SSSR count). The SMILES string of the molecule is CCS(=O)(=O)N1CCC2(C1)C(=O)N(C)c1ccccc12. The van der Waals surface area contributed by atoms with Crippen LogP contribution in [0.2, 0.25) is 0 Å². The first-order valence-corrected chi connectivity index (χ1v) is 8.39. The van der Waals surface area contributed by atoms with E-state index >= 15 is 0 Å². The number of hydrogen-bond acceptors (Lipinski definition) is 3. The van der Waals surface area contributed by atoms with E-state index in [0.717, 1.165) is 11.3 Å². The first-order valence-electron chi connectivity index (χ1n) is 6.78. The summed E-state index contributed by atoms with van der Waals surface area (Å²) in [7, 11) is -1.49. The summed E-state index contributed by atoms with van der Waals surface area (Å²) in [5.41, 5.74) is 1.17. The number of para-hydroxylation sites is 1. The second-order valence-corrected chi connectivity index (χ2v) is 7.71. The molecule has 1 unspecified atom stereocenters. The van der Waals surface area contributed by atoms with Crippen LogP contribution in [0.15, 0.2) is 24.3 Å². The number of amides is 1. The van der Waals surface area contributed by atoms with Gasteiger partial charge in [0.1, 0.15) is 0 Å². The molecule has 0 aliphatic carbocycles. The van der Waals surface area contributed by atoms with Gasteiger partial charge in [-0.25, -0.2) is 12.7 Å². The molecule has 2 aliphatic heterocycles. The van der Waals surface area contributed by atoms with Gasteiger partial charge in [-0.15, -0.1) is 0 Å². The molecule has 0 bridgehead atoms. The van der Waals surface area contributed by atoms with E-state index in [1.54, 1.807) is 18.9 Å². The summed E-state index contributed by atoms with van der Waals surface area (Å²) in [6.07, 6.45) is 0.562. The third-order valence-corrected chi connectivity index (χ3v) is 6.32. The lowest BCUT2D eigenvalue weighted by molar-refractivity contribution is -0.122. The Labute approximate surface area is 119 Å². The van der Waals surface area contributed by atoms with Crippen molar-refractivity contribution in [2.45, 2.75) is 18.8 Å². The predicted molar refractivity (Wildman–Crippen MR) is 77.2 cm³/mol. The molecule has 2 aliphatic rings. The van der Waals surface area contributed by atoms with Crippen molar-refractivity contribution in [1.29, 1.82) is 0 Å². The highest BCUT2D eigenvalue weighted by atomic mass is 32.2. The minimum absolute atomic E-state index is 0.00695. The maximum atomic E-state index is 12.7. The van der Waals surface area contributed by atoms with Gasteiger partial charge in [0.2, 0.25) is 15.9 Å². The third-order valence-electron chi connectivity index (χ3n) is 4.49. The molecule has 1 spiro atoms. The number of fused-ring (bicyclic) bond motifs is 2. The third kappa shape index (κ3) is 1.64. The molecule has 0 radical (unpaired) electrons. The molecule has 1 saturated heterocycles. The van der Waals surface area contributed by atoms with E-state index < -0.39 is 15.4 Å². The Morgan fingerprint density at radius 2 is 2.00 bits per heavy atom. The van der Waals surface area contributed by atoms with Crippen molar-refractivity contribution in [3.63, 3.8) is 0 Å². The number of benzene rings is 1. The Kier molecular flexibility index (Phi) is 2.92. The fourth-order valence-electron chi connectivity index (χ4n) is 3.31. The van der Waals surface area contributed by atoms with Gasteiger partial charge in [-0.2, -0.15) is 0 Å². The van der Waals surface area contributed by atoms with Crippen LogP contribution in [0, 0.1) is 0 Å². The Bertz CT molecular complexity index is 671. The zero-order valence-corrected chi connectivity index (χ0v) is 12.5. The van der Waals surface area contributed by atoms with Crippen LogP contribution in [0.3, 0.4) is 0 Å². The number of anilines is 1. The molecule has 1 fully saturated rings. The minimum Gasteiger partial charge on any atom is -0.314 e. The van der Waals surface area contributed by atoms with Crippen LogP contribution in [-0.2, 0) is 20.2 Å². The Hall–Kier alpha value is -1.40. The summed E-state index contributed by atoms with van der Waals surface area (Å²) in [5.74, 6) is 0.0851. The van der Waals surface area contributed by atoms with E-state index in [2.05, 4.69) is 0 Å². The van der Waals surface area contributed by atoms with E-state index in [9.17, 15) is 13.2 Å². The number of nitrogens with zero attached hydrogens (tertiary/aromatic N) is 2. The van der Waals surface area contributed by atoms with Gasteiger partial charge in [0.25, 0.3) is 0 Å². The first kappa shape index (κ1) is 13.6. The van der Waals surface area contributed by atoms with Crippen molar-refractivity contribution < 1.29 is 13.2 Å². The molecule has 0 N–H and O–H groups in total. The number of hydrogen-bond donors (Lipinski definition) is 0. The van der Waals surface area contributed by atoms with Crippen LogP contribution in [0.1, 0.15) is 18.9 Å². The second kappa shape index (κ2) is 4.30. The van der Waals surface area contributed by atoms with E-state index in [1.165, 1.54) is 4.31 Å². The first-order chi connectivity index (χ1) is 9.42. The minimum atomic E-state index is -3.24. The number of carbonyl (C=O) groups excluding carboxylic acids is 1. The number of likely N-dealkylation sites (N-methyl/N-ethyl adjacent to an activating group) is 1. The van der Waals surface area contributed by atoms with Gasteiger partial charge >= 0.3 is 0 Å². The summed E-state index contributed by atoms with van der Waals surface area (Å²) in [6.45, 7) is 2.32. The molecule has 1 atom stereocenters. The molecule has 1 aromatic carbocycles. The summed E-state index contributed by atoms with van der Waals surface area (Å²) in [4.78, 5) is 14.3. The molecule has 5 nitrogen and oxygen atoms in total. The van der Waals surface area contributed by atoms with Crippen molar-refractivity contribution >= 4 is 21.6 Å². The van der Waals surface area contributed by atoms with Crippen LogP contribution in [-0.4, -0.2) is 44.5 Å². The molecule has 1 amide bonds. The van der Waals surface area contributed by atoms with Crippen molar-refractivity contribution in [3.8, 4) is 0 Å². The molecular weight excluding hydrogens is 276 g/mol. The summed E-state index contributed by atoms with van der Waals surface area (Å²) < 4.78 is 25.5. The van der Waals surface area contributed by atoms with Crippen LogP contribution >= 0.6 is 0 Å². The number of carbonyl (C=O) groups is 1. The Morgan fingerprint density at radius 3 is 2.70 bits per heavy atom. The van der Waals surface area contributed by atoms with Crippen LogP contribution in [0.5, 0.6) is 0 Å². The van der Waals surface area contributed by atoms with Gasteiger partial charge in [0.05, 0.1) is 11.2 Å². The van der Waals surface area contributed by atoms with Gasteiger partial charge in [-0.1, -0.05) is 18.2 Å². The van der Waals surface area contributed by atoms with E-state index in [1.807, 2.05) is 24.3 Å². The lowest BCUT2D eigenvalue weighted by atomic mass is 9.81. The Balaban J connectivity index is 2.05. The predicted octanol–water partition coefficient (Wildman–Crippen LogP) is 0.956. The van der Waals surface area contributed by atoms with Crippen molar-refractivity contribution in [3.05, 3.63) is 29.8 Å². The van der Waals surface area contributed by atoms with Gasteiger partial charge < -0.3 is 4.90 Å². The lowest BCUT2D eigenvalue weighted by Crippen LogP contribution is -2.42. The van der Waals surface area contributed by atoms with Crippen LogP contribution < -0.4 is 4.90 Å². The Morgan fingerprint density at radius 1 is 1.30 bits per heavy atom. The second-order valence-electron chi connectivity index (χ2n) is 5.45. The van der Waals surface area contributed by atoms with E-state index in [4.69, 9.17) is 0 Å². The monoisotopic (exact) mass is 294 g/mol. The fourth-order valence-corrected chi connectivity index (χ4v) is 4.46. The molecule has 0 saturated carbocycles. The molecule has 6 heteroatoms. The summed E-state index contributed by atoms with van der Waals surface area (Å²) in [5, 5.41) is 0. The summed E-state index contributed by atoms with van der Waals surface area (Å²) >= 11 is 0. The molecule has 2 heterocycles. The molecule has 108 valence electrons. The van der Waals surface area contributed by atoms with Gasteiger partial charge in [0.15, 0.2) is 0 Å². The zero-order valence-electron chi connectivity index (χ0n) is 11.7. The normalized spacial score (nSPS) is 26.5. The average Bonchev–Trinajstić information content (AvgIpc) is 2.99. The number of sulfonamides is 1. The van der Waals surface area contributed by atoms with Crippen molar-refractivity contribution in [1.82, 2.24) is 4.31 Å². The van der Waals surface area contributed by atoms with Gasteiger partial charge in [-0.05, 0) is 25.0 Å². The topological polar surface area (TPSA) is 57.7 Å². The average molecular weight is 294 g/mol. The molecular formula is C14H18N2O3S. The van der Waals surface area contributed by atoms with Gasteiger partial charge in [-0.3, -0.25) is 4.79 Å². The summed E-state index contributed by atoms with van der Waals surface area (Å²) in [6, 6.07) is 7.67. The van der Waals surface area contributed by atoms with Gasteiger partial charge in [0, 0.05) is 25.8 Å². The largest absolute Gasteiger partial charge is 0.314 e. The van der Waals surface area contributed by atoms with Crippen LogP contribution in [0.4, 0.5) is 5.69 Å².